The van der Waals surface area contributed by atoms with Crippen LogP contribution in [0.1, 0.15) is 12.8 Å². The number of hydrogen-bond acceptors (Lipinski definition) is 5. The number of amides is 4. The Kier molecular flexibility index (Phi) is 4.95. The number of carbonyl (C=O) groups is 5. The first-order chi connectivity index (χ1) is 9.31. The molecule has 20 heavy (non-hydrogen) atoms. The maximum Gasteiger partial charge on any atom is 0.303 e. The minimum atomic E-state index is -1.17. The molecule has 0 spiro atoms. The van der Waals surface area contributed by atoms with E-state index in [1.807, 2.05) is 0 Å². The van der Waals surface area contributed by atoms with Crippen molar-refractivity contribution in [3.63, 3.8) is 0 Å². The zero-order valence-corrected chi connectivity index (χ0v) is 10.4. The van der Waals surface area contributed by atoms with Crippen molar-refractivity contribution in [2.24, 2.45) is 5.73 Å². The van der Waals surface area contributed by atoms with Gasteiger partial charge in [-0.1, -0.05) is 0 Å². The van der Waals surface area contributed by atoms with Crippen molar-refractivity contribution in [3.05, 3.63) is 12.2 Å². The predicted molar refractivity (Wildman–Crippen MR) is 63.9 cm³/mol. The number of primary amides is 1. The smallest absolute Gasteiger partial charge is 0.303 e. The van der Waals surface area contributed by atoms with Crippen LogP contribution >= 0.6 is 0 Å². The third-order valence-electron chi connectivity index (χ3n) is 2.53. The van der Waals surface area contributed by atoms with Gasteiger partial charge in [0.05, 0.1) is 0 Å². The number of aliphatic carboxylic acids is 1. The lowest BCUT2D eigenvalue weighted by Gasteiger charge is -2.17. The summed E-state index contributed by atoms with van der Waals surface area (Å²) in [5, 5.41) is 10.7. The molecule has 1 aliphatic heterocycles. The molecule has 0 aliphatic carbocycles. The third-order valence-corrected chi connectivity index (χ3v) is 2.53. The summed E-state index contributed by atoms with van der Waals surface area (Å²) in [5.74, 6) is -4.07. The lowest BCUT2D eigenvalue weighted by Crippen LogP contribution is -2.49. The minimum absolute atomic E-state index is 0.170. The second-order valence-electron chi connectivity index (χ2n) is 4.05. The van der Waals surface area contributed by atoms with Crippen LogP contribution in [0.3, 0.4) is 0 Å². The normalized spacial score (nSPS) is 15.3. The van der Waals surface area contributed by atoms with Gasteiger partial charge in [-0.05, 0) is 6.42 Å². The van der Waals surface area contributed by atoms with E-state index in [4.69, 9.17) is 10.8 Å². The first-order valence-corrected chi connectivity index (χ1v) is 5.65. The summed E-state index contributed by atoms with van der Waals surface area (Å²) in [6.07, 6.45) is 1.52. The number of carbonyl (C=O) groups excluding carboxylic acids is 4. The van der Waals surface area contributed by atoms with Crippen LogP contribution in [0.5, 0.6) is 0 Å². The monoisotopic (exact) mass is 283 g/mol. The second kappa shape index (κ2) is 6.45. The molecule has 9 nitrogen and oxygen atoms in total. The Labute approximate surface area is 113 Å². The van der Waals surface area contributed by atoms with Crippen LogP contribution in [0.4, 0.5) is 0 Å². The Morgan fingerprint density at radius 3 is 2.25 bits per heavy atom. The molecule has 1 atom stereocenters. The molecular formula is C11H13N3O6. The van der Waals surface area contributed by atoms with Gasteiger partial charge in [-0.3, -0.25) is 28.9 Å². The fourth-order valence-corrected chi connectivity index (χ4v) is 1.52. The van der Waals surface area contributed by atoms with Gasteiger partial charge >= 0.3 is 5.97 Å². The van der Waals surface area contributed by atoms with E-state index in [0.717, 1.165) is 12.2 Å². The van der Waals surface area contributed by atoms with E-state index >= 15 is 0 Å². The number of nitrogens with two attached hydrogens (primary N) is 1. The van der Waals surface area contributed by atoms with Crippen LogP contribution in [0, 0.1) is 0 Å². The molecule has 1 rings (SSSR count). The number of nitrogens with one attached hydrogen (secondary N) is 1. The van der Waals surface area contributed by atoms with Gasteiger partial charge in [-0.2, -0.15) is 0 Å². The average molecular weight is 283 g/mol. The molecule has 0 aromatic carbocycles. The number of hydrogen-bond donors (Lipinski definition) is 3. The molecule has 4 N–H and O–H groups in total. The van der Waals surface area contributed by atoms with Gasteiger partial charge in [-0.25, -0.2) is 0 Å². The Balaban J connectivity index is 2.54. The zero-order chi connectivity index (χ0) is 15.3. The summed E-state index contributed by atoms with van der Waals surface area (Å²) in [5.41, 5.74) is 5.03. The van der Waals surface area contributed by atoms with E-state index in [1.165, 1.54) is 0 Å². The molecular weight excluding hydrogens is 270 g/mol. The summed E-state index contributed by atoms with van der Waals surface area (Å²) < 4.78 is 0. The lowest BCUT2D eigenvalue weighted by molar-refractivity contribution is -0.141. The van der Waals surface area contributed by atoms with Crippen molar-refractivity contribution in [1.29, 1.82) is 0 Å². The summed E-state index contributed by atoms with van der Waals surface area (Å²) in [4.78, 5) is 56.2. The molecule has 0 bridgehead atoms. The SMILES string of the molecule is NC(=O)C(CCC(=O)O)NC(=O)CN1C(=O)C=CC1=O. The van der Waals surface area contributed by atoms with Crippen LogP contribution in [0.15, 0.2) is 12.2 Å². The van der Waals surface area contributed by atoms with Gasteiger partial charge in [0.1, 0.15) is 12.6 Å². The van der Waals surface area contributed by atoms with Crippen LogP contribution in [0.25, 0.3) is 0 Å². The quantitative estimate of drug-likeness (QED) is 0.449. The maximum absolute atomic E-state index is 11.6. The van der Waals surface area contributed by atoms with E-state index < -0.39 is 42.2 Å². The highest BCUT2D eigenvalue weighted by atomic mass is 16.4. The summed E-state index contributed by atoms with van der Waals surface area (Å²) in [6.45, 7) is -0.554. The minimum Gasteiger partial charge on any atom is -0.481 e. The largest absolute Gasteiger partial charge is 0.481 e. The van der Waals surface area contributed by atoms with Crippen LogP contribution in [-0.4, -0.2) is 52.2 Å². The van der Waals surface area contributed by atoms with Crippen molar-refractivity contribution >= 4 is 29.6 Å². The Hall–Kier alpha value is -2.71. The van der Waals surface area contributed by atoms with Crippen molar-refractivity contribution in [2.45, 2.75) is 18.9 Å². The molecule has 0 aromatic heterocycles. The van der Waals surface area contributed by atoms with Gasteiger partial charge < -0.3 is 16.2 Å². The summed E-state index contributed by atoms with van der Waals surface area (Å²) >= 11 is 0. The number of nitrogens with zero attached hydrogens (tertiary/aromatic N) is 1. The maximum atomic E-state index is 11.6. The molecule has 1 unspecified atom stereocenters. The molecule has 1 aliphatic rings. The van der Waals surface area contributed by atoms with E-state index in [2.05, 4.69) is 5.32 Å². The van der Waals surface area contributed by atoms with Gasteiger partial charge in [-0.15, -0.1) is 0 Å². The molecule has 0 saturated heterocycles. The first-order valence-electron chi connectivity index (χ1n) is 5.65. The Morgan fingerprint density at radius 1 is 1.25 bits per heavy atom. The predicted octanol–water partition coefficient (Wildman–Crippen LogP) is -2.25. The summed E-state index contributed by atoms with van der Waals surface area (Å²) in [6, 6.07) is -1.17. The van der Waals surface area contributed by atoms with Crippen LogP contribution in [-0.2, 0) is 24.0 Å². The molecule has 9 heteroatoms. The summed E-state index contributed by atoms with van der Waals surface area (Å²) in [7, 11) is 0. The molecule has 0 aromatic rings. The molecule has 1 heterocycles. The second-order valence-corrected chi connectivity index (χ2v) is 4.05. The highest BCUT2D eigenvalue weighted by molar-refractivity contribution is 6.14. The van der Waals surface area contributed by atoms with Crippen molar-refractivity contribution in [3.8, 4) is 0 Å². The highest BCUT2D eigenvalue weighted by Crippen LogP contribution is 2.03. The third kappa shape index (κ3) is 4.19. The van der Waals surface area contributed by atoms with Gasteiger partial charge in [0, 0.05) is 18.6 Å². The number of carboxylic acid groups (broad SMARTS) is 1. The highest BCUT2D eigenvalue weighted by Gasteiger charge is 2.27. The molecule has 108 valence electrons. The van der Waals surface area contributed by atoms with Crippen molar-refractivity contribution < 1.29 is 29.1 Å². The Morgan fingerprint density at radius 2 is 1.80 bits per heavy atom. The van der Waals surface area contributed by atoms with Gasteiger partial charge in [0.25, 0.3) is 11.8 Å². The van der Waals surface area contributed by atoms with E-state index in [0.29, 0.717) is 4.90 Å². The number of carboxylic acids is 1. The van der Waals surface area contributed by atoms with E-state index in [-0.39, 0.29) is 12.8 Å². The van der Waals surface area contributed by atoms with Crippen molar-refractivity contribution in [1.82, 2.24) is 10.2 Å². The van der Waals surface area contributed by atoms with Crippen molar-refractivity contribution in [2.75, 3.05) is 6.54 Å². The standard InChI is InChI=1S/C11H13N3O6/c12-11(20)6(1-4-10(18)19)13-7(15)5-14-8(16)2-3-9(14)17/h2-3,6H,1,4-5H2,(H2,12,20)(H,13,15)(H,18,19). The van der Waals surface area contributed by atoms with Gasteiger partial charge in [0.2, 0.25) is 11.8 Å². The zero-order valence-electron chi connectivity index (χ0n) is 10.4. The van der Waals surface area contributed by atoms with Gasteiger partial charge in [0.15, 0.2) is 0 Å². The molecule has 0 radical (unpaired) electrons. The van der Waals surface area contributed by atoms with Crippen LogP contribution < -0.4 is 11.1 Å². The number of imide groups is 1. The fourth-order valence-electron chi connectivity index (χ4n) is 1.52. The molecule has 0 saturated carbocycles. The topological polar surface area (TPSA) is 147 Å². The van der Waals surface area contributed by atoms with E-state index in [9.17, 15) is 24.0 Å². The first kappa shape index (κ1) is 15.3. The molecule has 4 amide bonds. The lowest BCUT2D eigenvalue weighted by atomic mass is 10.1. The average Bonchev–Trinajstić information content (AvgIpc) is 2.65. The molecule has 0 fully saturated rings. The Bertz CT molecular complexity index is 480. The fraction of sp³-hybridized carbons (Fsp3) is 0.364. The van der Waals surface area contributed by atoms with E-state index in [1.54, 1.807) is 0 Å². The number of rotatable bonds is 7. The van der Waals surface area contributed by atoms with Crippen LogP contribution in [0.2, 0.25) is 0 Å².